The molecule has 1 aliphatic heterocycles. The van der Waals surface area contributed by atoms with Gasteiger partial charge < -0.3 is 10.1 Å². The van der Waals surface area contributed by atoms with Crippen molar-refractivity contribution >= 4 is 46.3 Å². The normalized spacial score (nSPS) is 16.7. The number of hydrogen-bond donors (Lipinski definition) is 3. The van der Waals surface area contributed by atoms with Crippen molar-refractivity contribution in [3.8, 4) is 0 Å². The van der Waals surface area contributed by atoms with E-state index in [0.29, 0.717) is 18.5 Å². The quantitative estimate of drug-likeness (QED) is 0.223. The molecular weight excluding hydrogens is 610 g/mol. The highest BCUT2D eigenvalue weighted by Crippen LogP contribution is 2.50. The molecule has 14 heteroatoms. The Balaban J connectivity index is 2.01. The number of nitrogens with zero attached hydrogens (tertiary/aromatic N) is 3. The molecule has 1 aliphatic rings. The van der Waals surface area contributed by atoms with E-state index in [4.69, 9.17) is 21.8 Å². The van der Waals surface area contributed by atoms with Gasteiger partial charge in [0.1, 0.15) is 27.2 Å². The van der Waals surface area contributed by atoms with Crippen LogP contribution in [0.2, 0.25) is 0 Å². The minimum absolute atomic E-state index is 0.0896. The van der Waals surface area contributed by atoms with E-state index >= 15 is 0 Å². The van der Waals surface area contributed by atoms with Gasteiger partial charge in [0.25, 0.3) is 0 Å². The van der Waals surface area contributed by atoms with Crippen LogP contribution in [0.25, 0.3) is 0 Å². The molecule has 0 aliphatic carbocycles. The number of rotatable bonds is 8. The maximum atomic E-state index is 15.0. The molecule has 1 heterocycles. The van der Waals surface area contributed by atoms with E-state index in [0.717, 1.165) is 30.0 Å². The van der Waals surface area contributed by atoms with Crippen LogP contribution >= 0.6 is 24.0 Å². The summed E-state index contributed by atoms with van der Waals surface area (Å²) in [4.78, 5) is 31.5. The van der Waals surface area contributed by atoms with E-state index in [1.54, 1.807) is 20.8 Å². The maximum absolute atomic E-state index is 15.0. The third-order valence-electron chi connectivity index (χ3n) is 5.85. The lowest BCUT2D eigenvalue weighted by molar-refractivity contribution is -0.211. The number of amides is 3. The molecule has 10 nitrogen and oxygen atoms in total. The fraction of sp³-hybridized carbons (Fsp3) is 0.467. The van der Waals surface area contributed by atoms with Gasteiger partial charge in [-0.25, -0.2) is 23.8 Å². The molecule has 1 unspecified atom stereocenters. The number of hydrazine groups is 1. The molecule has 0 saturated heterocycles. The van der Waals surface area contributed by atoms with E-state index in [1.807, 2.05) is 58.0 Å². The number of hydrazone groups is 1. The Hall–Kier alpha value is -3.49. The molecular formula is C30H40F2N6O4S2. The standard InChI is InChI=1S/C30H40F2N6O4S2/c1-8-33-25(43)34-35-26(39)38-30(20-13-10-9-11-14-20,44-24(36-38)22-19-21(31)15-16-23(22)32)17-12-18-37(42-29(5,6)7)27(40)41-28(2,3)4/h9-11,13-16,19H,8,12,17-18H2,1-7H3,(H,35,39)(H2,33,34,43). The lowest BCUT2D eigenvalue weighted by Crippen LogP contribution is -2.54. The number of benzene rings is 2. The van der Waals surface area contributed by atoms with Crippen molar-refractivity contribution in [1.82, 2.24) is 26.2 Å². The van der Waals surface area contributed by atoms with E-state index < -0.39 is 39.8 Å². The fourth-order valence-electron chi connectivity index (χ4n) is 4.20. The van der Waals surface area contributed by atoms with Crippen LogP contribution in [0.1, 0.15) is 72.4 Å². The van der Waals surface area contributed by atoms with Gasteiger partial charge in [-0.2, -0.15) is 15.2 Å². The predicted molar refractivity (Wildman–Crippen MR) is 171 cm³/mol. The Morgan fingerprint density at radius 1 is 1.05 bits per heavy atom. The van der Waals surface area contributed by atoms with Gasteiger partial charge in [0.05, 0.1) is 12.1 Å². The first-order valence-corrected chi connectivity index (χ1v) is 15.4. The molecule has 2 aromatic rings. The SMILES string of the molecule is CCNC(=S)NNC(=O)N1N=C(c2cc(F)ccc2F)SC1(CCCN(OC(C)(C)C)C(=O)OC(C)(C)C)c1ccccc1. The molecule has 3 rings (SSSR count). The average Bonchev–Trinajstić information content (AvgIpc) is 3.32. The van der Waals surface area contributed by atoms with Crippen molar-refractivity contribution in [3.05, 3.63) is 71.3 Å². The van der Waals surface area contributed by atoms with Gasteiger partial charge in [0.15, 0.2) is 5.11 Å². The van der Waals surface area contributed by atoms with Gasteiger partial charge in [-0.15, -0.1) is 0 Å². The molecule has 0 spiro atoms. The third kappa shape index (κ3) is 9.50. The van der Waals surface area contributed by atoms with Crippen molar-refractivity contribution in [2.24, 2.45) is 5.10 Å². The lowest BCUT2D eigenvalue weighted by atomic mass is 10.0. The maximum Gasteiger partial charge on any atom is 0.434 e. The molecule has 3 N–H and O–H groups in total. The molecule has 0 saturated carbocycles. The molecule has 240 valence electrons. The van der Waals surface area contributed by atoms with Crippen LogP contribution in [0.5, 0.6) is 0 Å². The van der Waals surface area contributed by atoms with Crippen LogP contribution in [0.15, 0.2) is 53.6 Å². The van der Waals surface area contributed by atoms with Crippen molar-refractivity contribution in [2.75, 3.05) is 13.1 Å². The zero-order valence-corrected chi connectivity index (χ0v) is 27.6. The van der Waals surface area contributed by atoms with E-state index in [-0.39, 0.29) is 28.7 Å². The highest BCUT2D eigenvalue weighted by Gasteiger charge is 2.49. The summed E-state index contributed by atoms with van der Waals surface area (Å²) in [5.74, 6) is -1.34. The zero-order chi connectivity index (χ0) is 32.7. The van der Waals surface area contributed by atoms with Crippen LogP contribution in [0, 0.1) is 11.6 Å². The second-order valence-corrected chi connectivity index (χ2v) is 13.6. The van der Waals surface area contributed by atoms with Crippen molar-refractivity contribution in [3.63, 3.8) is 0 Å². The van der Waals surface area contributed by atoms with Gasteiger partial charge in [-0.3, -0.25) is 10.3 Å². The first-order chi connectivity index (χ1) is 20.5. The highest BCUT2D eigenvalue weighted by atomic mass is 32.2. The Morgan fingerprint density at radius 3 is 2.34 bits per heavy atom. The second kappa shape index (κ2) is 14.5. The van der Waals surface area contributed by atoms with Gasteiger partial charge in [0, 0.05) is 12.1 Å². The number of thiocarbonyl (C=S) groups is 1. The smallest absolute Gasteiger partial charge is 0.434 e. The number of thioether (sulfide) groups is 1. The Bertz CT molecular complexity index is 1370. The summed E-state index contributed by atoms with van der Waals surface area (Å²) in [6.07, 6.45) is -0.128. The van der Waals surface area contributed by atoms with Crippen LogP contribution in [-0.4, -0.2) is 56.6 Å². The number of urea groups is 1. The van der Waals surface area contributed by atoms with Crippen molar-refractivity contribution in [1.29, 1.82) is 0 Å². The van der Waals surface area contributed by atoms with Gasteiger partial charge in [-0.1, -0.05) is 42.1 Å². The van der Waals surface area contributed by atoms with Gasteiger partial charge >= 0.3 is 12.1 Å². The Labute approximate surface area is 266 Å². The lowest BCUT2D eigenvalue weighted by Gasteiger charge is -2.37. The topological polar surface area (TPSA) is 108 Å². The number of carbonyl (C=O) groups excluding carboxylic acids is 2. The monoisotopic (exact) mass is 650 g/mol. The molecule has 3 amide bonds. The zero-order valence-electron chi connectivity index (χ0n) is 26.0. The molecule has 0 fully saturated rings. The molecule has 1 atom stereocenters. The van der Waals surface area contributed by atoms with Gasteiger partial charge in [-0.05, 0) is 97.3 Å². The number of hydrogen-bond acceptors (Lipinski definition) is 7. The highest BCUT2D eigenvalue weighted by molar-refractivity contribution is 8.15. The first kappa shape index (κ1) is 35.0. The van der Waals surface area contributed by atoms with Crippen molar-refractivity contribution < 1.29 is 27.9 Å². The largest absolute Gasteiger partial charge is 0.442 e. The number of nitrogens with one attached hydrogen (secondary N) is 3. The fourth-order valence-corrected chi connectivity index (χ4v) is 5.82. The van der Waals surface area contributed by atoms with E-state index in [9.17, 15) is 18.4 Å². The number of hydroxylamine groups is 2. The van der Waals surface area contributed by atoms with Gasteiger partial charge in [0.2, 0.25) is 0 Å². The third-order valence-corrected chi connectivity index (χ3v) is 7.54. The number of ether oxygens (including phenoxy) is 1. The number of halogens is 2. The first-order valence-electron chi connectivity index (χ1n) is 14.2. The molecule has 2 aromatic carbocycles. The number of carbonyl (C=O) groups is 2. The second-order valence-electron chi connectivity index (χ2n) is 11.9. The van der Waals surface area contributed by atoms with E-state index in [1.165, 1.54) is 10.1 Å². The summed E-state index contributed by atoms with van der Waals surface area (Å²) >= 11 is 6.29. The van der Waals surface area contributed by atoms with Crippen molar-refractivity contribution in [2.45, 2.75) is 77.4 Å². The van der Waals surface area contributed by atoms with Crippen LogP contribution in [0.3, 0.4) is 0 Å². The van der Waals surface area contributed by atoms with Crippen LogP contribution in [0.4, 0.5) is 18.4 Å². The summed E-state index contributed by atoms with van der Waals surface area (Å²) in [5, 5.41) is 10.0. The molecule has 0 aromatic heterocycles. The summed E-state index contributed by atoms with van der Waals surface area (Å²) in [7, 11) is 0. The summed E-state index contributed by atoms with van der Waals surface area (Å²) in [5.41, 5.74) is 4.30. The Kier molecular flexibility index (Phi) is 11.6. The van der Waals surface area contributed by atoms with Crippen LogP contribution in [-0.2, 0) is 14.4 Å². The van der Waals surface area contributed by atoms with Crippen LogP contribution < -0.4 is 16.2 Å². The summed E-state index contributed by atoms with van der Waals surface area (Å²) in [6, 6.07) is 11.5. The molecule has 0 bridgehead atoms. The predicted octanol–water partition coefficient (Wildman–Crippen LogP) is 6.38. The minimum Gasteiger partial charge on any atom is -0.442 e. The minimum atomic E-state index is -1.23. The summed E-state index contributed by atoms with van der Waals surface area (Å²) < 4.78 is 34.8. The van der Waals surface area contributed by atoms with E-state index in [2.05, 4.69) is 21.3 Å². The molecule has 0 radical (unpaired) electrons. The summed E-state index contributed by atoms with van der Waals surface area (Å²) in [6.45, 7) is 13.2. The average molecular weight is 651 g/mol. The Morgan fingerprint density at radius 2 is 1.73 bits per heavy atom. The molecule has 44 heavy (non-hydrogen) atoms.